The van der Waals surface area contributed by atoms with Crippen molar-refractivity contribution in [3.05, 3.63) is 35.9 Å². The van der Waals surface area contributed by atoms with Gasteiger partial charge in [-0.05, 0) is 25.3 Å². The second-order valence-electron chi connectivity index (χ2n) is 4.83. The minimum absolute atomic E-state index is 0.0449. The predicted octanol–water partition coefficient (Wildman–Crippen LogP) is 2.01. The second-order valence-corrected chi connectivity index (χ2v) is 4.83. The quantitative estimate of drug-likeness (QED) is 0.647. The molecule has 0 aliphatic rings. The van der Waals surface area contributed by atoms with Gasteiger partial charge >= 0.3 is 5.97 Å². The minimum Gasteiger partial charge on any atom is -0.481 e. The van der Waals surface area contributed by atoms with Crippen LogP contribution >= 0.6 is 0 Å². The number of hydrogen-bond acceptors (Lipinski definition) is 3. The molecule has 0 aromatic heterocycles. The molecule has 0 fully saturated rings. The number of nitrogens with one attached hydrogen (secondary N) is 1. The molecule has 0 aliphatic heterocycles. The number of ether oxygens (including phenoxy) is 1. The third kappa shape index (κ3) is 8.09. The summed E-state index contributed by atoms with van der Waals surface area (Å²) in [5, 5.41) is 11.7. The summed E-state index contributed by atoms with van der Waals surface area (Å²) in [7, 11) is 0. The largest absolute Gasteiger partial charge is 0.481 e. The van der Waals surface area contributed by atoms with Gasteiger partial charge in [0.05, 0.1) is 6.61 Å². The number of aliphatic carboxylic acids is 1. The Morgan fingerprint density at radius 3 is 2.57 bits per heavy atom. The number of benzene rings is 1. The molecule has 1 atom stereocenters. The van der Waals surface area contributed by atoms with Crippen molar-refractivity contribution in [1.82, 2.24) is 5.32 Å². The van der Waals surface area contributed by atoms with Crippen LogP contribution in [-0.2, 0) is 20.7 Å². The van der Waals surface area contributed by atoms with E-state index in [-0.39, 0.29) is 18.4 Å². The Hall–Kier alpha value is -1.88. The summed E-state index contributed by atoms with van der Waals surface area (Å²) < 4.78 is 5.15. The lowest BCUT2D eigenvalue weighted by Crippen LogP contribution is -2.37. The monoisotopic (exact) mass is 293 g/mol. The van der Waals surface area contributed by atoms with Crippen LogP contribution in [-0.4, -0.2) is 36.2 Å². The fourth-order valence-electron chi connectivity index (χ4n) is 2.03. The molecule has 1 aromatic carbocycles. The van der Waals surface area contributed by atoms with Gasteiger partial charge in [0.15, 0.2) is 0 Å². The van der Waals surface area contributed by atoms with Gasteiger partial charge in [0.2, 0.25) is 5.91 Å². The van der Waals surface area contributed by atoms with Gasteiger partial charge in [-0.15, -0.1) is 0 Å². The zero-order chi connectivity index (χ0) is 15.5. The van der Waals surface area contributed by atoms with E-state index in [4.69, 9.17) is 9.84 Å². The molecular weight excluding hydrogens is 270 g/mol. The maximum atomic E-state index is 11.8. The Morgan fingerprint density at radius 2 is 1.95 bits per heavy atom. The fraction of sp³-hybridized carbons (Fsp3) is 0.500. The Morgan fingerprint density at radius 1 is 1.24 bits per heavy atom. The van der Waals surface area contributed by atoms with E-state index < -0.39 is 5.97 Å². The van der Waals surface area contributed by atoms with E-state index in [1.165, 1.54) is 0 Å². The van der Waals surface area contributed by atoms with Gasteiger partial charge in [0.25, 0.3) is 0 Å². The molecule has 5 nitrogen and oxygen atoms in total. The van der Waals surface area contributed by atoms with Crippen LogP contribution in [0, 0.1) is 0 Å². The minimum atomic E-state index is -0.850. The number of rotatable bonds is 10. The van der Waals surface area contributed by atoms with E-state index in [1.54, 1.807) is 0 Å². The molecular formula is C16H23NO4. The lowest BCUT2D eigenvalue weighted by atomic mass is 10.0. The molecule has 0 heterocycles. The topological polar surface area (TPSA) is 75.6 Å². The summed E-state index contributed by atoms with van der Waals surface area (Å²) in [4.78, 5) is 22.5. The Kier molecular flexibility index (Phi) is 8.12. The van der Waals surface area contributed by atoms with E-state index in [0.717, 1.165) is 5.56 Å². The maximum absolute atomic E-state index is 11.8. The van der Waals surface area contributed by atoms with Crippen molar-refractivity contribution in [2.45, 2.75) is 38.6 Å². The number of carbonyl (C=O) groups excluding carboxylic acids is 1. The summed E-state index contributed by atoms with van der Waals surface area (Å²) in [5.41, 5.74) is 1.08. The van der Waals surface area contributed by atoms with Crippen LogP contribution in [0.25, 0.3) is 0 Å². The highest BCUT2D eigenvalue weighted by Crippen LogP contribution is 2.08. The standard InChI is InChI=1S/C16H23NO4/c1-2-21-11-10-15(18)17-14(8-9-16(19)20)12-13-6-4-3-5-7-13/h3-7,14H,2,8-12H2,1H3,(H,17,18)(H,19,20). The molecule has 0 saturated carbocycles. The van der Waals surface area contributed by atoms with Crippen LogP contribution in [0.4, 0.5) is 0 Å². The van der Waals surface area contributed by atoms with Crippen molar-refractivity contribution in [3.63, 3.8) is 0 Å². The predicted molar refractivity (Wildman–Crippen MR) is 80.1 cm³/mol. The van der Waals surface area contributed by atoms with Crippen LogP contribution < -0.4 is 5.32 Å². The SMILES string of the molecule is CCOCCC(=O)NC(CCC(=O)O)Cc1ccccc1. The fourth-order valence-corrected chi connectivity index (χ4v) is 2.03. The van der Waals surface area contributed by atoms with E-state index in [1.807, 2.05) is 37.3 Å². The molecule has 5 heteroatoms. The van der Waals surface area contributed by atoms with Gasteiger partial charge in [-0.3, -0.25) is 9.59 Å². The number of carbonyl (C=O) groups is 2. The summed E-state index contributed by atoms with van der Waals surface area (Å²) in [6.45, 7) is 2.85. The third-order valence-corrected chi connectivity index (χ3v) is 3.07. The molecule has 0 spiro atoms. The van der Waals surface area contributed by atoms with Crippen molar-refractivity contribution in [2.75, 3.05) is 13.2 Å². The van der Waals surface area contributed by atoms with Crippen molar-refractivity contribution in [1.29, 1.82) is 0 Å². The Balaban J connectivity index is 2.51. The molecule has 21 heavy (non-hydrogen) atoms. The number of carboxylic acid groups (broad SMARTS) is 1. The zero-order valence-electron chi connectivity index (χ0n) is 12.4. The second kappa shape index (κ2) is 9.94. The molecule has 1 aromatic rings. The van der Waals surface area contributed by atoms with Gasteiger partial charge in [0.1, 0.15) is 0 Å². The van der Waals surface area contributed by atoms with Crippen LogP contribution in [0.5, 0.6) is 0 Å². The molecule has 116 valence electrons. The van der Waals surface area contributed by atoms with Crippen molar-refractivity contribution in [3.8, 4) is 0 Å². The van der Waals surface area contributed by atoms with E-state index in [2.05, 4.69) is 5.32 Å². The van der Waals surface area contributed by atoms with E-state index in [0.29, 0.717) is 32.5 Å². The van der Waals surface area contributed by atoms with Gasteiger partial charge in [0, 0.05) is 25.5 Å². The van der Waals surface area contributed by atoms with Crippen molar-refractivity contribution < 1.29 is 19.4 Å². The van der Waals surface area contributed by atoms with Gasteiger partial charge < -0.3 is 15.2 Å². The number of carboxylic acids is 1. The summed E-state index contributed by atoms with van der Waals surface area (Å²) in [5.74, 6) is -0.952. The van der Waals surface area contributed by atoms with Crippen molar-refractivity contribution in [2.24, 2.45) is 0 Å². The molecule has 0 bridgehead atoms. The summed E-state index contributed by atoms with van der Waals surface area (Å²) in [6.07, 6.45) is 1.40. The smallest absolute Gasteiger partial charge is 0.303 e. The average molecular weight is 293 g/mol. The van der Waals surface area contributed by atoms with Crippen LogP contribution in [0.2, 0.25) is 0 Å². The first kappa shape index (κ1) is 17.2. The first-order valence-electron chi connectivity index (χ1n) is 7.24. The van der Waals surface area contributed by atoms with Gasteiger partial charge in [-0.2, -0.15) is 0 Å². The molecule has 2 N–H and O–H groups in total. The van der Waals surface area contributed by atoms with Gasteiger partial charge in [-0.1, -0.05) is 30.3 Å². The molecule has 1 unspecified atom stereocenters. The molecule has 0 aliphatic carbocycles. The zero-order valence-corrected chi connectivity index (χ0v) is 12.4. The summed E-state index contributed by atoms with van der Waals surface area (Å²) in [6, 6.07) is 9.56. The highest BCUT2D eigenvalue weighted by atomic mass is 16.5. The Bertz CT molecular complexity index is 433. The molecule has 1 rings (SSSR count). The highest BCUT2D eigenvalue weighted by molar-refractivity contribution is 5.76. The number of amides is 1. The normalized spacial score (nSPS) is 11.9. The third-order valence-electron chi connectivity index (χ3n) is 3.07. The lowest BCUT2D eigenvalue weighted by Gasteiger charge is -2.18. The Labute approximate surface area is 125 Å². The van der Waals surface area contributed by atoms with Crippen LogP contribution in [0.3, 0.4) is 0 Å². The van der Waals surface area contributed by atoms with Crippen LogP contribution in [0.15, 0.2) is 30.3 Å². The molecule has 0 radical (unpaired) electrons. The highest BCUT2D eigenvalue weighted by Gasteiger charge is 2.14. The number of hydrogen-bond donors (Lipinski definition) is 2. The summed E-state index contributed by atoms with van der Waals surface area (Å²) >= 11 is 0. The average Bonchev–Trinajstić information content (AvgIpc) is 2.46. The van der Waals surface area contributed by atoms with Gasteiger partial charge in [-0.25, -0.2) is 0 Å². The molecule has 1 amide bonds. The molecule has 0 saturated heterocycles. The first-order chi connectivity index (χ1) is 10.1. The van der Waals surface area contributed by atoms with Crippen LogP contribution in [0.1, 0.15) is 31.7 Å². The maximum Gasteiger partial charge on any atom is 0.303 e. The lowest BCUT2D eigenvalue weighted by molar-refractivity contribution is -0.137. The van der Waals surface area contributed by atoms with Crippen molar-refractivity contribution >= 4 is 11.9 Å². The van der Waals surface area contributed by atoms with E-state index >= 15 is 0 Å². The first-order valence-corrected chi connectivity index (χ1v) is 7.24. The van der Waals surface area contributed by atoms with E-state index in [9.17, 15) is 9.59 Å².